The van der Waals surface area contributed by atoms with Crippen molar-refractivity contribution in [1.82, 2.24) is 5.32 Å². The summed E-state index contributed by atoms with van der Waals surface area (Å²) in [7, 11) is -3.05. The molecular formula is C11H13NO3S. The minimum absolute atomic E-state index is 0.183. The van der Waals surface area contributed by atoms with E-state index in [1.165, 1.54) is 0 Å². The second-order valence-corrected chi connectivity index (χ2v) is 6.31. The summed E-state index contributed by atoms with van der Waals surface area (Å²) >= 11 is 0. The third-order valence-corrected chi connectivity index (χ3v) is 4.85. The van der Waals surface area contributed by atoms with Gasteiger partial charge in [0.1, 0.15) is 11.9 Å². The van der Waals surface area contributed by atoms with Crippen LogP contribution in [0.2, 0.25) is 0 Å². The highest BCUT2D eigenvalue weighted by atomic mass is 32.2. The van der Waals surface area contributed by atoms with E-state index in [9.17, 15) is 8.42 Å². The predicted molar refractivity (Wildman–Crippen MR) is 59.5 cm³/mol. The number of hydrogen-bond donors (Lipinski definition) is 1. The van der Waals surface area contributed by atoms with Crippen molar-refractivity contribution in [2.45, 2.75) is 17.4 Å². The fourth-order valence-electron chi connectivity index (χ4n) is 2.00. The normalized spacial score (nSPS) is 22.5. The molecule has 86 valence electrons. The number of fused-ring (bicyclic) bond motifs is 1. The maximum Gasteiger partial charge on any atom is 0.179 e. The van der Waals surface area contributed by atoms with Crippen molar-refractivity contribution in [3.8, 4) is 5.75 Å². The lowest BCUT2D eigenvalue weighted by Gasteiger charge is -2.27. The summed E-state index contributed by atoms with van der Waals surface area (Å²) in [5.41, 5.74) is 0.916. The summed E-state index contributed by atoms with van der Waals surface area (Å²) in [4.78, 5) is 0.456. The summed E-state index contributed by atoms with van der Waals surface area (Å²) in [6.07, 6.45) is 0.810. The molecule has 0 amide bonds. The first-order valence-corrected chi connectivity index (χ1v) is 7.03. The number of ether oxygens (including phenoxy) is 1. The van der Waals surface area contributed by atoms with E-state index in [-0.39, 0.29) is 11.9 Å². The summed E-state index contributed by atoms with van der Waals surface area (Å²) < 4.78 is 29.1. The summed E-state index contributed by atoms with van der Waals surface area (Å²) in [5.74, 6) is 0.896. The van der Waals surface area contributed by atoms with Crippen LogP contribution in [-0.2, 0) is 16.3 Å². The monoisotopic (exact) mass is 239 g/mol. The van der Waals surface area contributed by atoms with Gasteiger partial charge >= 0.3 is 0 Å². The van der Waals surface area contributed by atoms with E-state index in [1.54, 1.807) is 6.07 Å². The van der Waals surface area contributed by atoms with Crippen molar-refractivity contribution in [1.29, 1.82) is 0 Å². The van der Waals surface area contributed by atoms with Crippen LogP contribution in [0.3, 0.4) is 0 Å². The van der Waals surface area contributed by atoms with E-state index in [0.717, 1.165) is 18.7 Å². The molecule has 5 heteroatoms. The van der Waals surface area contributed by atoms with Gasteiger partial charge in [-0.3, -0.25) is 0 Å². The van der Waals surface area contributed by atoms with Crippen molar-refractivity contribution in [2.24, 2.45) is 0 Å². The fraction of sp³-hybridized carbons (Fsp3) is 0.455. The lowest BCUT2D eigenvalue weighted by Crippen LogP contribution is -2.50. The minimum atomic E-state index is -3.05. The van der Waals surface area contributed by atoms with Crippen molar-refractivity contribution in [3.63, 3.8) is 0 Å². The van der Waals surface area contributed by atoms with E-state index in [1.807, 2.05) is 12.1 Å². The largest absolute Gasteiger partial charge is 0.488 e. The number of hydrogen-bond acceptors (Lipinski definition) is 4. The van der Waals surface area contributed by atoms with Crippen LogP contribution in [0, 0.1) is 0 Å². The van der Waals surface area contributed by atoms with Gasteiger partial charge in [0.2, 0.25) is 0 Å². The molecule has 0 spiro atoms. The van der Waals surface area contributed by atoms with Crippen LogP contribution in [0.1, 0.15) is 5.56 Å². The van der Waals surface area contributed by atoms with Crippen LogP contribution in [0.4, 0.5) is 0 Å². The highest BCUT2D eigenvalue weighted by Crippen LogP contribution is 2.29. The maximum absolute atomic E-state index is 11.7. The van der Waals surface area contributed by atoms with E-state index in [0.29, 0.717) is 17.1 Å². The van der Waals surface area contributed by atoms with Crippen LogP contribution in [0.25, 0.3) is 0 Å². The molecule has 0 aromatic heterocycles. The van der Waals surface area contributed by atoms with E-state index in [2.05, 4.69) is 5.32 Å². The van der Waals surface area contributed by atoms with Crippen LogP contribution in [0.5, 0.6) is 5.75 Å². The number of aryl methyl sites for hydroxylation is 1. The summed E-state index contributed by atoms with van der Waals surface area (Å²) in [6, 6.07) is 5.38. The minimum Gasteiger partial charge on any atom is -0.488 e. The Morgan fingerprint density at radius 1 is 1.31 bits per heavy atom. The third-order valence-electron chi connectivity index (χ3n) is 3.06. The van der Waals surface area contributed by atoms with E-state index in [4.69, 9.17) is 4.74 Å². The Balaban J connectivity index is 1.92. The van der Waals surface area contributed by atoms with Gasteiger partial charge in [0, 0.05) is 13.1 Å². The molecule has 0 atom stereocenters. The number of benzene rings is 1. The van der Waals surface area contributed by atoms with Crippen molar-refractivity contribution in [3.05, 3.63) is 23.8 Å². The Labute approximate surface area is 94.5 Å². The second kappa shape index (κ2) is 3.46. The van der Waals surface area contributed by atoms with Gasteiger partial charge in [-0.05, 0) is 24.1 Å². The lowest BCUT2D eigenvalue weighted by atomic mass is 10.1. The van der Waals surface area contributed by atoms with Gasteiger partial charge in [0.25, 0.3) is 0 Å². The number of rotatable bonds is 2. The molecule has 4 nitrogen and oxygen atoms in total. The molecule has 0 aliphatic carbocycles. The molecule has 16 heavy (non-hydrogen) atoms. The molecule has 2 aliphatic rings. The Kier molecular flexibility index (Phi) is 2.19. The second-order valence-electron chi connectivity index (χ2n) is 4.24. The molecule has 0 saturated carbocycles. The maximum atomic E-state index is 11.7. The molecule has 0 bridgehead atoms. The molecule has 2 aliphatic heterocycles. The van der Waals surface area contributed by atoms with Crippen LogP contribution >= 0.6 is 0 Å². The van der Waals surface area contributed by atoms with Crippen molar-refractivity contribution < 1.29 is 13.2 Å². The van der Waals surface area contributed by atoms with Gasteiger partial charge in [-0.25, -0.2) is 8.42 Å². The Hall–Kier alpha value is -1.07. The standard InChI is InChI=1S/C11H13NO3S/c13-16(14)4-3-8-1-2-9(5-11(8)16)15-10-6-12-7-10/h1-2,5,10,12H,3-4,6-7H2. The van der Waals surface area contributed by atoms with Gasteiger partial charge < -0.3 is 10.1 Å². The molecular weight excluding hydrogens is 226 g/mol. The molecule has 3 rings (SSSR count). The Morgan fingerprint density at radius 3 is 2.81 bits per heavy atom. The fourth-order valence-corrected chi connectivity index (χ4v) is 3.57. The highest BCUT2D eigenvalue weighted by molar-refractivity contribution is 7.91. The first-order chi connectivity index (χ1) is 7.65. The van der Waals surface area contributed by atoms with Crippen molar-refractivity contribution >= 4 is 9.84 Å². The molecule has 0 unspecified atom stereocenters. The topological polar surface area (TPSA) is 55.4 Å². The molecule has 1 fully saturated rings. The SMILES string of the molecule is O=S1(=O)CCc2ccc(OC3CNC3)cc21. The zero-order valence-electron chi connectivity index (χ0n) is 8.77. The van der Waals surface area contributed by atoms with Gasteiger partial charge in [0.05, 0.1) is 10.6 Å². The quantitative estimate of drug-likeness (QED) is 0.810. The van der Waals surface area contributed by atoms with E-state index >= 15 is 0 Å². The molecule has 1 aromatic rings. The summed E-state index contributed by atoms with van der Waals surface area (Å²) in [5, 5.41) is 3.11. The first-order valence-electron chi connectivity index (χ1n) is 5.38. The van der Waals surface area contributed by atoms with Gasteiger partial charge in [-0.1, -0.05) is 6.07 Å². The zero-order valence-corrected chi connectivity index (χ0v) is 9.59. The zero-order chi connectivity index (χ0) is 11.2. The molecule has 2 heterocycles. The average molecular weight is 239 g/mol. The molecule has 1 aromatic carbocycles. The summed E-state index contributed by atoms with van der Waals surface area (Å²) in [6.45, 7) is 1.67. The van der Waals surface area contributed by atoms with Gasteiger partial charge in [-0.15, -0.1) is 0 Å². The van der Waals surface area contributed by atoms with Crippen LogP contribution in [0.15, 0.2) is 23.1 Å². The van der Waals surface area contributed by atoms with Crippen LogP contribution in [-0.4, -0.2) is 33.4 Å². The van der Waals surface area contributed by atoms with E-state index < -0.39 is 9.84 Å². The third kappa shape index (κ3) is 1.60. The first kappa shape index (κ1) is 10.1. The Bertz CT molecular complexity index is 520. The smallest absolute Gasteiger partial charge is 0.179 e. The molecule has 0 radical (unpaired) electrons. The number of nitrogens with one attached hydrogen (secondary N) is 1. The average Bonchev–Trinajstić information content (AvgIpc) is 2.49. The number of sulfone groups is 1. The molecule has 1 saturated heterocycles. The van der Waals surface area contributed by atoms with Crippen LogP contribution < -0.4 is 10.1 Å². The Morgan fingerprint density at radius 2 is 2.12 bits per heavy atom. The lowest BCUT2D eigenvalue weighted by molar-refractivity contribution is 0.142. The highest BCUT2D eigenvalue weighted by Gasteiger charge is 2.27. The van der Waals surface area contributed by atoms with Gasteiger partial charge in [-0.2, -0.15) is 0 Å². The van der Waals surface area contributed by atoms with Crippen molar-refractivity contribution in [2.75, 3.05) is 18.8 Å². The predicted octanol–water partition coefficient (Wildman–Crippen LogP) is 0.367. The van der Waals surface area contributed by atoms with Gasteiger partial charge in [0.15, 0.2) is 9.84 Å². The molecule has 1 N–H and O–H groups in total.